The smallest absolute Gasteiger partial charge is 0.264 e. The number of amides is 2. The number of carbonyl (C=O) groups excluding carboxylic acids is 2. The van der Waals surface area contributed by atoms with Crippen LogP contribution in [0, 0.1) is 6.92 Å². The highest BCUT2D eigenvalue weighted by molar-refractivity contribution is 7.92. The molecule has 11 heteroatoms. The Morgan fingerprint density at radius 3 is 2.11 bits per heavy atom. The Morgan fingerprint density at radius 1 is 0.851 bits per heavy atom. The van der Waals surface area contributed by atoms with E-state index in [4.69, 9.17) is 21.1 Å². The molecule has 0 fully saturated rings. The predicted octanol–water partition coefficient (Wildman–Crippen LogP) is 6.03. The van der Waals surface area contributed by atoms with E-state index in [1.165, 1.54) is 37.3 Å². The van der Waals surface area contributed by atoms with Crippen molar-refractivity contribution in [3.63, 3.8) is 0 Å². The molecule has 0 unspecified atom stereocenters. The van der Waals surface area contributed by atoms with Crippen LogP contribution < -0.4 is 19.1 Å². The summed E-state index contributed by atoms with van der Waals surface area (Å²) < 4.78 is 40.4. The fourth-order valence-corrected chi connectivity index (χ4v) is 6.71. The molecule has 0 aromatic heterocycles. The number of ether oxygens (including phenoxy) is 2. The van der Waals surface area contributed by atoms with Crippen molar-refractivity contribution in [2.45, 2.75) is 50.7 Å². The van der Waals surface area contributed by atoms with Crippen LogP contribution in [0.25, 0.3) is 0 Å². The van der Waals surface area contributed by atoms with Crippen LogP contribution in [0.4, 0.5) is 5.69 Å². The number of carbonyl (C=O) groups is 2. The molecule has 0 aliphatic carbocycles. The lowest BCUT2D eigenvalue weighted by Crippen LogP contribution is -2.54. The molecule has 4 rings (SSSR count). The molecule has 0 radical (unpaired) electrons. The van der Waals surface area contributed by atoms with Crippen molar-refractivity contribution in [1.29, 1.82) is 0 Å². The number of benzene rings is 4. The molecule has 0 aliphatic heterocycles. The van der Waals surface area contributed by atoms with Crippen molar-refractivity contribution in [3.8, 4) is 11.5 Å². The second kappa shape index (κ2) is 15.8. The highest BCUT2D eigenvalue weighted by Crippen LogP contribution is 2.33. The van der Waals surface area contributed by atoms with E-state index < -0.39 is 28.5 Å². The Morgan fingerprint density at radius 2 is 1.49 bits per heavy atom. The first-order valence-electron chi connectivity index (χ1n) is 15.1. The van der Waals surface area contributed by atoms with Gasteiger partial charge in [-0.25, -0.2) is 8.42 Å². The van der Waals surface area contributed by atoms with Gasteiger partial charge in [0.2, 0.25) is 11.8 Å². The topological polar surface area (TPSA) is 105 Å². The number of sulfonamides is 1. The highest BCUT2D eigenvalue weighted by Gasteiger charge is 2.35. The van der Waals surface area contributed by atoms with Crippen molar-refractivity contribution < 1.29 is 27.5 Å². The first-order valence-corrected chi connectivity index (χ1v) is 16.9. The monoisotopic (exact) mass is 677 g/mol. The minimum absolute atomic E-state index is 0.0281. The molecule has 0 saturated heterocycles. The third kappa shape index (κ3) is 8.84. The fourth-order valence-electron chi connectivity index (χ4n) is 5.09. The van der Waals surface area contributed by atoms with E-state index in [1.54, 1.807) is 48.5 Å². The number of halogens is 1. The summed E-state index contributed by atoms with van der Waals surface area (Å²) in [5.41, 5.74) is 2.64. The standard InChI is InChI=1S/C36H40ClN3O6S/c1-25(2)38-36(42)32(21-27-11-7-6-8-12-27)39(23-28-13-9-10-14-31(28)37)35(41)24-40(29-17-15-26(3)16-18-29)47(43,44)30-19-20-33(45-4)34(22-30)46-5/h6-20,22,25,32H,21,23-24H2,1-5H3,(H,38,42)/t32-/m1/s1. The lowest BCUT2D eigenvalue weighted by atomic mass is 10.0. The summed E-state index contributed by atoms with van der Waals surface area (Å²) in [7, 11) is -1.46. The fraction of sp³-hybridized carbons (Fsp3) is 0.278. The number of methoxy groups -OCH3 is 2. The largest absolute Gasteiger partial charge is 0.493 e. The Hall–Kier alpha value is -4.54. The second-order valence-corrected chi connectivity index (χ2v) is 13.6. The number of nitrogens with one attached hydrogen (secondary N) is 1. The van der Waals surface area contributed by atoms with Gasteiger partial charge in [0, 0.05) is 30.1 Å². The van der Waals surface area contributed by atoms with Crippen molar-refractivity contribution in [2.24, 2.45) is 0 Å². The van der Waals surface area contributed by atoms with E-state index in [0.717, 1.165) is 15.4 Å². The zero-order valence-corrected chi connectivity index (χ0v) is 28.7. The van der Waals surface area contributed by atoms with Gasteiger partial charge in [0.25, 0.3) is 10.0 Å². The SMILES string of the molecule is COc1ccc(S(=O)(=O)N(CC(=O)N(Cc2ccccc2Cl)[C@H](Cc2ccccc2)C(=O)NC(C)C)c2ccc(C)cc2)cc1OC. The maximum absolute atomic E-state index is 14.6. The maximum atomic E-state index is 14.6. The molecule has 0 bridgehead atoms. The Bertz CT molecular complexity index is 1780. The molecule has 4 aromatic rings. The minimum atomic E-state index is -4.33. The second-order valence-electron chi connectivity index (χ2n) is 11.3. The first kappa shape index (κ1) is 35.3. The lowest BCUT2D eigenvalue weighted by Gasteiger charge is -2.34. The zero-order valence-electron chi connectivity index (χ0n) is 27.1. The number of aryl methyl sites for hydroxylation is 1. The van der Waals surface area contributed by atoms with E-state index in [1.807, 2.05) is 51.1 Å². The molecule has 2 amide bonds. The van der Waals surface area contributed by atoms with Gasteiger partial charge >= 0.3 is 0 Å². The first-order chi connectivity index (χ1) is 22.4. The summed E-state index contributed by atoms with van der Waals surface area (Å²) in [6, 6.07) is 26.3. The van der Waals surface area contributed by atoms with Crippen molar-refractivity contribution in [2.75, 3.05) is 25.1 Å². The van der Waals surface area contributed by atoms with Crippen LogP contribution in [0.1, 0.15) is 30.5 Å². The molecule has 0 saturated carbocycles. The van der Waals surface area contributed by atoms with Crippen LogP contribution in [0.2, 0.25) is 5.02 Å². The van der Waals surface area contributed by atoms with E-state index in [-0.39, 0.29) is 41.2 Å². The average Bonchev–Trinajstić information content (AvgIpc) is 3.06. The van der Waals surface area contributed by atoms with E-state index in [9.17, 15) is 18.0 Å². The molecule has 1 N–H and O–H groups in total. The van der Waals surface area contributed by atoms with Crippen molar-refractivity contribution in [3.05, 3.63) is 119 Å². The molecule has 4 aromatic carbocycles. The molecular formula is C36H40ClN3O6S. The Kier molecular flexibility index (Phi) is 11.9. The van der Waals surface area contributed by atoms with Crippen LogP contribution in [-0.2, 0) is 32.6 Å². The van der Waals surface area contributed by atoms with E-state index in [2.05, 4.69) is 5.32 Å². The molecule has 0 spiro atoms. The summed E-state index contributed by atoms with van der Waals surface area (Å²) in [4.78, 5) is 29.7. The number of anilines is 1. The van der Waals surface area contributed by atoms with Gasteiger partial charge in [-0.05, 0) is 62.2 Å². The highest BCUT2D eigenvalue weighted by atomic mass is 35.5. The number of hydrogen-bond donors (Lipinski definition) is 1. The third-order valence-corrected chi connectivity index (χ3v) is 9.68. The van der Waals surface area contributed by atoms with E-state index in [0.29, 0.717) is 16.3 Å². The Labute approximate surface area is 282 Å². The van der Waals surface area contributed by atoms with Crippen LogP contribution in [0.5, 0.6) is 11.5 Å². The van der Waals surface area contributed by atoms with Crippen LogP contribution in [0.3, 0.4) is 0 Å². The zero-order chi connectivity index (χ0) is 34.1. The number of nitrogens with zero attached hydrogens (tertiary/aromatic N) is 2. The predicted molar refractivity (Wildman–Crippen MR) is 184 cm³/mol. The van der Waals surface area contributed by atoms with Gasteiger partial charge in [0.15, 0.2) is 11.5 Å². The molecule has 248 valence electrons. The summed E-state index contributed by atoms with van der Waals surface area (Å²) >= 11 is 6.56. The number of rotatable bonds is 14. The van der Waals surface area contributed by atoms with Gasteiger partial charge in [-0.3, -0.25) is 13.9 Å². The molecule has 0 aliphatic rings. The van der Waals surface area contributed by atoms with Gasteiger partial charge in [-0.15, -0.1) is 0 Å². The van der Waals surface area contributed by atoms with Crippen molar-refractivity contribution in [1.82, 2.24) is 10.2 Å². The lowest BCUT2D eigenvalue weighted by molar-refractivity contribution is -0.140. The summed E-state index contributed by atoms with van der Waals surface area (Å²) in [6.07, 6.45) is 0.197. The van der Waals surface area contributed by atoms with E-state index >= 15 is 0 Å². The molecule has 9 nitrogen and oxygen atoms in total. The van der Waals surface area contributed by atoms with Gasteiger partial charge in [-0.1, -0.05) is 77.8 Å². The van der Waals surface area contributed by atoms with Gasteiger partial charge < -0.3 is 19.7 Å². The number of hydrogen-bond acceptors (Lipinski definition) is 6. The normalized spacial score (nSPS) is 11.9. The average molecular weight is 678 g/mol. The quantitative estimate of drug-likeness (QED) is 0.175. The van der Waals surface area contributed by atoms with Gasteiger partial charge in [0.05, 0.1) is 24.8 Å². The van der Waals surface area contributed by atoms with Crippen molar-refractivity contribution >= 4 is 39.1 Å². The van der Waals surface area contributed by atoms with Crippen LogP contribution in [-0.4, -0.2) is 58.0 Å². The third-order valence-electron chi connectivity index (χ3n) is 7.54. The van der Waals surface area contributed by atoms with Gasteiger partial charge in [-0.2, -0.15) is 0 Å². The molecule has 0 heterocycles. The molecule has 1 atom stereocenters. The molecule has 47 heavy (non-hydrogen) atoms. The minimum Gasteiger partial charge on any atom is -0.493 e. The van der Waals surface area contributed by atoms with Crippen LogP contribution >= 0.6 is 11.6 Å². The Balaban J connectivity index is 1.83. The van der Waals surface area contributed by atoms with Crippen LogP contribution in [0.15, 0.2) is 102 Å². The summed E-state index contributed by atoms with van der Waals surface area (Å²) in [6.45, 7) is 4.94. The maximum Gasteiger partial charge on any atom is 0.264 e. The van der Waals surface area contributed by atoms with Gasteiger partial charge in [0.1, 0.15) is 12.6 Å². The summed E-state index contributed by atoms with van der Waals surface area (Å²) in [5.74, 6) is -0.379. The molecular weight excluding hydrogens is 638 g/mol. The summed E-state index contributed by atoms with van der Waals surface area (Å²) in [5, 5.41) is 3.36.